The van der Waals surface area contributed by atoms with E-state index in [1.165, 1.54) is 4.68 Å². The summed E-state index contributed by atoms with van der Waals surface area (Å²) >= 11 is 1.62. The molecule has 0 amide bonds. The topological polar surface area (TPSA) is 136 Å². The SMILES string of the molecule is Cc1nn(C#CSOO[O-])c(N)c1N=Nc1nc(-c2ccccc2)ns1.[Na+]. The van der Waals surface area contributed by atoms with Gasteiger partial charge in [0.05, 0.1) is 11.7 Å². The van der Waals surface area contributed by atoms with Gasteiger partial charge in [0.25, 0.3) is 0 Å². The summed E-state index contributed by atoms with van der Waals surface area (Å²) in [6.45, 7) is 1.71. The number of hydrogen-bond donors (Lipinski definition) is 1. The number of azo groups is 1. The van der Waals surface area contributed by atoms with Crippen molar-refractivity contribution in [1.29, 1.82) is 0 Å². The van der Waals surface area contributed by atoms with Crippen LogP contribution in [0.3, 0.4) is 0 Å². The Kier molecular flexibility index (Phi) is 8.35. The van der Waals surface area contributed by atoms with Gasteiger partial charge >= 0.3 is 29.6 Å². The molecular weight excluding hydrogens is 401 g/mol. The Morgan fingerprint density at radius 2 is 2.07 bits per heavy atom. The molecule has 1 aromatic carbocycles. The summed E-state index contributed by atoms with van der Waals surface area (Å²) < 4.78 is 9.48. The molecule has 0 saturated heterocycles. The molecule has 13 heteroatoms. The van der Waals surface area contributed by atoms with Gasteiger partial charge in [-0.05, 0) is 6.92 Å². The normalized spacial score (nSPS) is 10.4. The number of aromatic nitrogens is 4. The Hall–Kier alpha value is -1.82. The second kappa shape index (κ2) is 10.5. The van der Waals surface area contributed by atoms with Gasteiger partial charge in [0.15, 0.2) is 17.3 Å². The van der Waals surface area contributed by atoms with Gasteiger partial charge < -0.3 is 11.0 Å². The molecule has 0 aliphatic carbocycles. The Labute approximate surface area is 184 Å². The summed E-state index contributed by atoms with van der Waals surface area (Å²) in [5.41, 5.74) is 7.73. The average molecular weight is 411 g/mol. The van der Waals surface area contributed by atoms with Gasteiger partial charge in [-0.1, -0.05) is 30.3 Å². The van der Waals surface area contributed by atoms with Crippen LogP contribution in [0.25, 0.3) is 11.4 Å². The average Bonchev–Trinajstić information content (AvgIpc) is 3.23. The standard InChI is InChI=1S/C14H11N7O3S2.Na/c1-9-11(12(15)21(19-9)7-8-25-24-23-22)17-18-14-16-13(20-26-14)10-5-3-2-4-6-10;/h2-6,22H,15H2,1H3;/q;+1/p-1. The van der Waals surface area contributed by atoms with Gasteiger partial charge in [-0.15, -0.1) is 10.2 Å². The maximum absolute atomic E-state index is 9.68. The minimum Gasteiger partial charge on any atom is -0.691 e. The van der Waals surface area contributed by atoms with Crippen molar-refractivity contribution in [3.05, 3.63) is 36.0 Å². The Balaban J connectivity index is 0.00000261. The molecule has 0 spiro atoms. The first-order valence-electron chi connectivity index (χ1n) is 6.98. The second-order valence-corrected chi connectivity index (χ2v) is 5.87. The zero-order chi connectivity index (χ0) is 18.4. The molecular formula is C14H10N7NaO3S2. The van der Waals surface area contributed by atoms with Gasteiger partial charge in [0.1, 0.15) is 12.0 Å². The summed E-state index contributed by atoms with van der Waals surface area (Å²) in [7, 11) is 0. The Morgan fingerprint density at radius 1 is 1.30 bits per heavy atom. The van der Waals surface area contributed by atoms with E-state index in [1.807, 2.05) is 30.3 Å². The van der Waals surface area contributed by atoms with Crippen molar-refractivity contribution in [3.63, 3.8) is 0 Å². The fourth-order valence-electron chi connectivity index (χ4n) is 1.89. The van der Waals surface area contributed by atoms with Gasteiger partial charge in [-0.2, -0.15) is 23.5 Å². The summed E-state index contributed by atoms with van der Waals surface area (Å²) in [6, 6.07) is 12.1. The maximum Gasteiger partial charge on any atom is 1.00 e. The molecule has 2 N–H and O–H groups in total. The number of nitrogens with zero attached hydrogens (tertiary/aromatic N) is 6. The smallest absolute Gasteiger partial charge is 0.691 e. The third kappa shape index (κ3) is 5.58. The minimum absolute atomic E-state index is 0. The van der Waals surface area contributed by atoms with Crippen LogP contribution in [0, 0.1) is 18.2 Å². The van der Waals surface area contributed by atoms with Crippen LogP contribution in [0.15, 0.2) is 40.6 Å². The van der Waals surface area contributed by atoms with Gasteiger partial charge in [-0.3, -0.25) is 5.04 Å². The van der Waals surface area contributed by atoms with E-state index < -0.39 is 0 Å². The summed E-state index contributed by atoms with van der Waals surface area (Å²) in [6.07, 6.45) is 0. The van der Waals surface area contributed by atoms with Gasteiger partial charge in [0, 0.05) is 22.3 Å². The van der Waals surface area contributed by atoms with E-state index in [-0.39, 0.29) is 35.4 Å². The molecule has 27 heavy (non-hydrogen) atoms. The van der Waals surface area contributed by atoms with E-state index >= 15 is 0 Å². The zero-order valence-corrected chi connectivity index (χ0v) is 17.8. The number of aryl methyl sites for hydroxylation is 1. The van der Waals surface area contributed by atoms with Crippen LogP contribution in [-0.2, 0) is 9.37 Å². The number of rotatable bonds is 5. The molecule has 10 nitrogen and oxygen atoms in total. The molecule has 3 rings (SSSR count). The number of anilines is 1. The molecule has 132 valence electrons. The summed E-state index contributed by atoms with van der Waals surface area (Å²) in [5, 5.41) is 27.9. The quantitative estimate of drug-likeness (QED) is 0.111. The van der Waals surface area contributed by atoms with Crippen molar-refractivity contribution < 1.29 is 44.2 Å². The van der Waals surface area contributed by atoms with Crippen LogP contribution < -0.4 is 40.5 Å². The van der Waals surface area contributed by atoms with E-state index in [4.69, 9.17) is 5.73 Å². The molecule has 0 atom stereocenters. The number of hydrogen-bond acceptors (Lipinski definition) is 11. The van der Waals surface area contributed by atoms with Crippen molar-refractivity contribution >= 4 is 40.2 Å². The molecule has 0 aliphatic rings. The van der Waals surface area contributed by atoms with Crippen molar-refractivity contribution in [1.82, 2.24) is 19.1 Å². The van der Waals surface area contributed by atoms with Gasteiger partial charge in [-0.25, -0.2) is 0 Å². The van der Waals surface area contributed by atoms with Crippen LogP contribution >= 0.6 is 23.6 Å². The maximum atomic E-state index is 9.68. The van der Waals surface area contributed by atoms with E-state index in [9.17, 15) is 5.26 Å². The van der Waals surface area contributed by atoms with Crippen LogP contribution in [-0.4, -0.2) is 19.1 Å². The van der Waals surface area contributed by atoms with Gasteiger partial charge in [0.2, 0.25) is 5.13 Å². The largest absolute Gasteiger partial charge is 1.00 e. The third-order valence-corrected chi connectivity index (χ3v) is 3.90. The predicted octanol–water partition coefficient (Wildman–Crippen LogP) is -0.650. The predicted molar refractivity (Wildman–Crippen MR) is 93.8 cm³/mol. The van der Waals surface area contributed by atoms with Crippen LogP contribution in [0.5, 0.6) is 0 Å². The minimum atomic E-state index is 0. The number of benzene rings is 1. The molecule has 0 aliphatic heterocycles. The first-order valence-corrected chi connectivity index (χ1v) is 8.49. The van der Waals surface area contributed by atoms with E-state index in [1.54, 1.807) is 6.92 Å². The summed E-state index contributed by atoms with van der Waals surface area (Å²) in [4.78, 5) is 4.32. The van der Waals surface area contributed by atoms with Crippen molar-refractivity contribution in [3.8, 4) is 22.7 Å². The zero-order valence-electron chi connectivity index (χ0n) is 14.2. The monoisotopic (exact) mass is 411 g/mol. The fraction of sp³-hybridized carbons (Fsp3) is 0.0714. The molecule has 0 bridgehead atoms. The summed E-state index contributed by atoms with van der Waals surface area (Å²) in [5.74, 6) is 0.767. The number of nitrogen functional groups attached to an aromatic ring is 1. The molecule has 2 heterocycles. The van der Waals surface area contributed by atoms with Crippen LogP contribution in [0.4, 0.5) is 16.6 Å². The van der Waals surface area contributed by atoms with Crippen LogP contribution in [0.1, 0.15) is 5.69 Å². The first kappa shape index (κ1) is 21.5. The fourth-order valence-corrected chi connectivity index (χ4v) is 2.60. The third-order valence-electron chi connectivity index (χ3n) is 3.00. The Bertz CT molecular complexity index is 982. The second-order valence-electron chi connectivity index (χ2n) is 4.63. The van der Waals surface area contributed by atoms with E-state index in [2.05, 4.69) is 45.4 Å². The van der Waals surface area contributed by atoms with Crippen molar-refractivity contribution in [2.75, 3.05) is 5.73 Å². The molecule has 3 aromatic rings. The van der Waals surface area contributed by atoms with Crippen molar-refractivity contribution in [2.45, 2.75) is 6.92 Å². The molecule has 2 aromatic heterocycles. The van der Waals surface area contributed by atoms with E-state index in [0.29, 0.717) is 34.4 Å². The number of nitrogens with two attached hydrogens (primary N) is 1. The molecule has 0 fully saturated rings. The van der Waals surface area contributed by atoms with Crippen LogP contribution in [0.2, 0.25) is 0 Å². The van der Waals surface area contributed by atoms with E-state index in [0.717, 1.165) is 17.1 Å². The molecule has 0 unspecified atom stereocenters. The molecule has 0 saturated carbocycles. The Morgan fingerprint density at radius 3 is 2.81 bits per heavy atom. The van der Waals surface area contributed by atoms with Crippen molar-refractivity contribution in [2.24, 2.45) is 10.2 Å². The first-order chi connectivity index (χ1) is 12.7. The molecule has 0 radical (unpaired) electrons.